The second-order valence-electron chi connectivity index (χ2n) is 5.48. The molecule has 1 heterocycles. The van der Waals surface area contributed by atoms with Gasteiger partial charge in [0.1, 0.15) is 5.75 Å². The van der Waals surface area contributed by atoms with Gasteiger partial charge in [0.15, 0.2) is 5.69 Å². The Morgan fingerprint density at radius 3 is 2.88 bits per heavy atom. The number of hydrogen-bond acceptors (Lipinski definition) is 5. The molecule has 3 rings (SSSR count). The Kier molecular flexibility index (Phi) is 4.94. The van der Waals surface area contributed by atoms with Crippen molar-refractivity contribution in [2.75, 3.05) is 6.61 Å². The molecule has 0 fully saturated rings. The molecule has 0 atom stereocenters. The van der Waals surface area contributed by atoms with Crippen molar-refractivity contribution in [3.05, 3.63) is 52.0 Å². The number of halogens is 1. The van der Waals surface area contributed by atoms with Crippen LogP contribution >= 0.6 is 15.9 Å². The van der Waals surface area contributed by atoms with Crippen LogP contribution < -0.4 is 0 Å². The number of phenolic OH excluding ortho intramolecular Hbond substituents is 1. The molecule has 6 heteroatoms. The monoisotopic (exact) mass is 388 g/mol. The number of hydrogen-bond donors (Lipinski definition) is 1. The van der Waals surface area contributed by atoms with Gasteiger partial charge in [0.2, 0.25) is 0 Å². The maximum absolute atomic E-state index is 11.9. The fourth-order valence-corrected chi connectivity index (χ4v) is 3.25. The van der Waals surface area contributed by atoms with Crippen molar-refractivity contribution in [2.45, 2.75) is 26.2 Å². The zero-order chi connectivity index (χ0) is 17.1. The Balaban J connectivity index is 2.05. The van der Waals surface area contributed by atoms with Crippen LogP contribution in [-0.2, 0) is 4.74 Å². The van der Waals surface area contributed by atoms with Gasteiger partial charge in [-0.05, 0) is 55.5 Å². The van der Waals surface area contributed by atoms with Crippen LogP contribution in [0.15, 0.2) is 35.1 Å². The largest absolute Gasteiger partial charge is 0.507 e. The third-order valence-corrected chi connectivity index (χ3v) is 4.42. The summed E-state index contributed by atoms with van der Waals surface area (Å²) in [7, 11) is 0. The number of aromatic nitrogens is 2. The van der Waals surface area contributed by atoms with Gasteiger partial charge in [0, 0.05) is 10.0 Å². The summed E-state index contributed by atoms with van der Waals surface area (Å²) in [6.07, 6.45) is 5.72. The molecule has 0 spiro atoms. The van der Waals surface area contributed by atoms with Crippen molar-refractivity contribution in [3.63, 3.8) is 0 Å². The number of rotatable bonds is 4. The third kappa shape index (κ3) is 3.33. The number of benzene rings is 1. The smallest absolute Gasteiger partial charge is 0.358 e. The average Bonchev–Trinajstić information content (AvgIpc) is 3.07. The highest BCUT2D eigenvalue weighted by Gasteiger charge is 2.22. The molecule has 0 amide bonds. The van der Waals surface area contributed by atoms with Gasteiger partial charge in [-0.25, -0.2) is 9.78 Å². The minimum absolute atomic E-state index is 0.201. The summed E-state index contributed by atoms with van der Waals surface area (Å²) in [5.74, 6) is -0.237. The number of carbonyl (C=O) groups is 1. The summed E-state index contributed by atoms with van der Waals surface area (Å²) in [6.45, 7) is 2.05. The molecule has 0 bridgehead atoms. The van der Waals surface area contributed by atoms with Gasteiger partial charge in [-0.15, -0.1) is 0 Å². The molecule has 5 nitrogen and oxygen atoms in total. The molecule has 0 saturated carbocycles. The van der Waals surface area contributed by atoms with Crippen LogP contribution in [0, 0.1) is 0 Å². The first kappa shape index (κ1) is 16.6. The van der Waals surface area contributed by atoms with Gasteiger partial charge < -0.3 is 9.84 Å². The number of ether oxygens (including phenoxy) is 1. The van der Waals surface area contributed by atoms with E-state index in [-0.39, 0.29) is 11.4 Å². The minimum Gasteiger partial charge on any atom is -0.507 e. The van der Waals surface area contributed by atoms with Crippen molar-refractivity contribution in [1.29, 1.82) is 0 Å². The lowest BCUT2D eigenvalue weighted by Gasteiger charge is -2.10. The number of esters is 1. The molecule has 24 heavy (non-hydrogen) atoms. The number of phenols is 1. The molecule has 2 aromatic rings. The van der Waals surface area contributed by atoms with Crippen molar-refractivity contribution >= 4 is 33.0 Å². The van der Waals surface area contributed by atoms with E-state index in [9.17, 15) is 9.90 Å². The van der Waals surface area contributed by atoms with E-state index < -0.39 is 5.97 Å². The summed E-state index contributed by atoms with van der Waals surface area (Å²) in [6, 6.07) is 5.37. The van der Waals surface area contributed by atoms with Crippen molar-refractivity contribution in [2.24, 2.45) is 0 Å². The zero-order valence-corrected chi connectivity index (χ0v) is 14.8. The summed E-state index contributed by atoms with van der Waals surface area (Å²) < 4.78 is 5.89. The first-order valence-electron chi connectivity index (χ1n) is 7.80. The van der Waals surface area contributed by atoms with E-state index in [2.05, 4.69) is 25.9 Å². The van der Waals surface area contributed by atoms with E-state index in [0.29, 0.717) is 12.3 Å². The van der Waals surface area contributed by atoms with E-state index in [1.807, 2.05) is 6.07 Å². The Morgan fingerprint density at radius 1 is 1.29 bits per heavy atom. The molecule has 1 aromatic heterocycles. The highest BCUT2D eigenvalue weighted by Crippen LogP contribution is 2.42. The maximum atomic E-state index is 11.9. The van der Waals surface area contributed by atoms with Gasteiger partial charge in [-0.1, -0.05) is 15.9 Å². The highest BCUT2D eigenvalue weighted by molar-refractivity contribution is 9.10. The van der Waals surface area contributed by atoms with E-state index in [4.69, 9.17) is 4.74 Å². The number of allylic oxidation sites excluding steroid dienone is 2. The van der Waals surface area contributed by atoms with E-state index in [0.717, 1.165) is 40.4 Å². The lowest BCUT2D eigenvalue weighted by atomic mass is 9.99. The fraction of sp³-hybridized carbons (Fsp3) is 0.278. The molecular weight excluding hydrogens is 372 g/mol. The van der Waals surface area contributed by atoms with Crippen LogP contribution in [0.3, 0.4) is 0 Å². The first-order valence-corrected chi connectivity index (χ1v) is 8.60. The summed E-state index contributed by atoms with van der Waals surface area (Å²) in [4.78, 5) is 20.4. The molecule has 0 radical (unpaired) electrons. The molecule has 1 N–H and O–H groups in total. The standard InChI is InChI=1S/C18H17BrN2O3/c1-2-24-18(23)16-10-20-9-15(21-16)13-5-3-4-12(13)14-8-11(19)6-7-17(14)22/h6-10,22H,2-5H2,1H3. The SMILES string of the molecule is CCOC(=O)c1cncc(C2=C(c3cc(Br)ccc3O)CCC2)n1. The normalized spacial score (nSPS) is 14.1. The van der Waals surface area contributed by atoms with E-state index >= 15 is 0 Å². The second-order valence-corrected chi connectivity index (χ2v) is 6.40. The lowest BCUT2D eigenvalue weighted by molar-refractivity contribution is 0.0519. The van der Waals surface area contributed by atoms with Crippen molar-refractivity contribution < 1.29 is 14.6 Å². The molecule has 0 unspecified atom stereocenters. The fourth-order valence-electron chi connectivity index (χ4n) is 2.89. The van der Waals surface area contributed by atoms with Crippen LogP contribution in [0.5, 0.6) is 5.75 Å². The molecule has 0 aliphatic heterocycles. The topological polar surface area (TPSA) is 72.3 Å². The minimum atomic E-state index is -0.475. The third-order valence-electron chi connectivity index (χ3n) is 3.93. The Morgan fingerprint density at radius 2 is 2.08 bits per heavy atom. The predicted molar refractivity (Wildman–Crippen MR) is 94.5 cm³/mol. The lowest BCUT2D eigenvalue weighted by Crippen LogP contribution is -2.09. The van der Waals surface area contributed by atoms with E-state index in [1.54, 1.807) is 25.3 Å². The second kappa shape index (κ2) is 7.13. The first-order chi connectivity index (χ1) is 11.6. The van der Waals surface area contributed by atoms with Gasteiger partial charge in [0.05, 0.1) is 24.7 Å². The number of nitrogens with zero attached hydrogens (tertiary/aromatic N) is 2. The van der Waals surface area contributed by atoms with Crippen LogP contribution in [0.4, 0.5) is 0 Å². The van der Waals surface area contributed by atoms with Crippen LogP contribution in [0.2, 0.25) is 0 Å². The Bertz CT molecular complexity index is 818. The summed E-state index contributed by atoms with van der Waals surface area (Å²) in [5.41, 5.74) is 3.71. The summed E-state index contributed by atoms with van der Waals surface area (Å²) in [5, 5.41) is 10.2. The van der Waals surface area contributed by atoms with Crippen LogP contribution in [0.1, 0.15) is 47.9 Å². The quantitative estimate of drug-likeness (QED) is 0.793. The molecule has 124 valence electrons. The van der Waals surface area contributed by atoms with Crippen LogP contribution in [0.25, 0.3) is 11.1 Å². The van der Waals surface area contributed by atoms with Crippen molar-refractivity contribution in [1.82, 2.24) is 9.97 Å². The highest BCUT2D eigenvalue weighted by atomic mass is 79.9. The molecule has 1 aromatic carbocycles. The average molecular weight is 389 g/mol. The van der Waals surface area contributed by atoms with Crippen LogP contribution in [-0.4, -0.2) is 27.7 Å². The predicted octanol–water partition coefficient (Wildman–Crippen LogP) is 4.22. The van der Waals surface area contributed by atoms with E-state index in [1.165, 1.54) is 6.20 Å². The van der Waals surface area contributed by atoms with Gasteiger partial charge in [-0.3, -0.25) is 4.98 Å². The van der Waals surface area contributed by atoms with Gasteiger partial charge in [0.25, 0.3) is 0 Å². The van der Waals surface area contributed by atoms with Gasteiger partial charge >= 0.3 is 5.97 Å². The van der Waals surface area contributed by atoms with Crippen molar-refractivity contribution in [3.8, 4) is 5.75 Å². The van der Waals surface area contributed by atoms with Gasteiger partial charge in [-0.2, -0.15) is 0 Å². The molecule has 1 aliphatic rings. The number of aromatic hydroxyl groups is 1. The number of carbonyl (C=O) groups excluding carboxylic acids is 1. The molecule has 1 aliphatic carbocycles. The molecular formula is C18H17BrN2O3. The summed E-state index contributed by atoms with van der Waals surface area (Å²) >= 11 is 3.44. The zero-order valence-electron chi connectivity index (χ0n) is 13.3. The Labute approximate surface area is 148 Å². The Hall–Kier alpha value is -2.21. The molecule has 0 saturated heterocycles. The maximum Gasteiger partial charge on any atom is 0.358 e.